The molecule has 2 saturated carbocycles. The Hall–Kier alpha value is -0.570. The molecule has 3 fully saturated rings. The number of nitrogens with one attached hydrogen (secondary N) is 1. The lowest BCUT2D eigenvalue weighted by Crippen LogP contribution is -2.42. The molecule has 1 aliphatic heterocycles. The van der Waals surface area contributed by atoms with Gasteiger partial charge in [0, 0.05) is 6.04 Å². The molecule has 16 heavy (non-hydrogen) atoms. The van der Waals surface area contributed by atoms with Gasteiger partial charge in [0.2, 0.25) is 5.91 Å². The first-order valence-electron chi connectivity index (χ1n) is 6.54. The maximum atomic E-state index is 12.4. The molecule has 0 bridgehead atoms. The molecule has 3 rings (SSSR count). The second-order valence-electron chi connectivity index (χ2n) is 6.68. The Morgan fingerprint density at radius 2 is 2.00 bits per heavy atom. The Morgan fingerprint density at radius 1 is 1.31 bits per heavy atom. The molecule has 0 aromatic rings. The van der Waals surface area contributed by atoms with Crippen LogP contribution in [0.15, 0.2) is 0 Å². The van der Waals surface area contributed by atoms with Gasteiger partial charge in [-0.1, -0.05) is 13.8 Å². The first-order valence-corrected chi connectivity index (χ1v) is 6.54. The number of nitrogens with zero attached hydrogens (tertiary/aromatic N) is 1. The predicted molar refractivity (Wildman–Crippen MR) is 62.8 cm³/mol. The largest absolute Gasteiger partial charge is 0.323 e. The standard InChI is InChI=1S/C13H22N2O/c1-9-14-13(6-7-13)11(16)15(9)10-4-5-12(2,3)8-10/h9-10,14H,4-8H2,1-3H3. The van der Waals surface area contributed by atoms with Gasteiger partial charge in [-0.25, -0.2) is 0 Å². The highest BCUT2D eigenvalue weighted by atomic mass is 16.2. The minimum atomic E-state index is -0.133. The van der Waals surface area contributed by atoms with E-state index < -0.39 is 0 Å². The van der Waals surface area contributed by atoms with Crippen LogP contribution in [0.1, 0.15) is 52.9 Å². The molecule has 1 saturated heterocycles. The highest BCUT2D eigenvalue weighted by Crippen LogP contribution is 2.46. The SMILES string of the molecule is CC1NC2(CC2)C(=O)N1C1CCC(C)(C)C1. The minimum Gasteiger partial charge on any atom is -0.323 e. The summed E-state index contributed by atoms with van der Waals surface area (Å²) in [6.45, 7) is 6.77. The summed E-state index contributed by atoms with van der Waals surface area (Å²) in [6, 6.07) is 0.477. The third kappa shape index (κ3) is 1.41. The van der Waals surface area contributed by atoms with Crippen molar-refractivity contribution in [3.8, 4) is 0 Å². The summed E-state index contributed by atoms with van der Waals surface area (Å²) in [5.74, 6) is 0.378. The summed E-state index contributed by atoms with van der Waals surface area (Å²) in [5, 5.41) is 3.48. The lowest BCUT2D eigenvalue weighted by Gasteiger charge is -2.29. The van der Waals surface area contributed by atoms with Crippen LogP contribution in [-0.2, 0) is 4.79 Å². The highest BCUT2D eigenvalue weighted by Gasteiger charge is 2.59. The summed E-state index contributed by atoms with van der Waals surface area (Å²) in [7, 11) is 0. The van der Waals surface area contributed by atoms with Gasteiger partial charge in [0.1, 0.15) is 0 Å². The zero-order valence-electron chi connectivity index (χ0n) is 10.5. The van der Waals surface area contributed by atoms with Crippen molar-refractivity contribution in [2.24, 2.45) is 5.41 Å². The van der Waals surface area contributed by atoms with Gasteiger partial charge in [-0.3, -0.25) is 10.1 Å². The van der Waals surface area contributed by atoms with Crippen molar-refractivity contribution >= 4 is 5.91 Å². The van der Waals surface area contributed by atoms with Crippen LogP contribution in [-0.4, -0.2) is 28.6 Å². The average Bonchev–Trinajstić information content (AvgIpc) is 2.80. The van der Waals surface area contributed by atoms with E-state index in [0.717, 1.165) is 12.8 Å². The molecular weight excluding hydrogens is 200 g/mol. The van der Waals surface area contributed by atoms with Crippen molar-refractivity contribution in [2.45, 2.75) is 70.6 Å². The number of rotatable bonds is 1. The van der Waals surface area contributed by atoms with E-state index in [0.29, 0.717) is 17.4 Å². The van der Waals surface area contributed by atoms with E-state index in [1.807, 2.05) is 0 Å². The van der Waals surface area contributed by atoms with Crippen molar-refractivity contribution in [1.29, 1.82) is 0 Å². The summed E-state index contributed by atoms with van der Waals surface area (Å²) >= 11 is 0. The molecule has 1 N–H and O–H groups in total. The summed E-state index contributed by atoms with van der Waals surface area (Å²) in [5.41, 5.74) is 0.288. The molecule has 2 aliphatic carbocycles. The van der Waals surface area contributed by atoms with Crippen LogP contribution in [0.5, 0.6) is 0 Å². The molecule has 1 amide bonds. The fourth-order valence-electron chi connectivity index (χ4n) is 3.56. The monoisotopic (exact) mass is 222 g/mol. The van der Waals surface area contributed by atoms with E-state index in [9.17, 15) is 4.79 Å². The van der Waals surface area contributed by atoms with Crippen molar-refractivity contribution < 1.29 is 4.79 Å². The molecule has 1 heterocycles. The normalized spacial score (nSPS) is 39.7. The lowest BCUT2D eigenvalue weighted by atomic mass is 9.91. The Morgan fingerprint density at radius 3 is 2.44 bits per heavy atom. The van der Waals surface area contributed by atoms with Gasteiger partial charge in [-0.2, -0.15) is 0 Å². The predicted octanol–water partition coefficient (Wildman–Crippen LogP) is 1.88. The Bertz CT molecular complexity index is 333. The smallest absolute Gasteiger partial charge is 0.244 e. The maximum absolute atomic E-state index is 12.4. The van der Waals surface area contributed by atoms with Crippen molar-refractivity contribution in [2.75, 3.05) is 0 Å². The Kier molecular flexibility index (Phi) is 1.99. The quantitative estimate of drug-likeness (QED) is 0.734. The van der Waals surface area contributed by atoms with Crippen LogP contribution in [0.2, 0.25) is 0 Å². The molecule has 3 nitrogen and oxygen atoms in total. The number of amides is 1. The van der Waals surface area contributed by atoms with Gasteiger partial charge >= 0.3 is 0 Å². The summed E-state index contributed by atoms with van der Waals surface area (Å²) in [6.07, 6.45) is 5.93. The average molecular weight is 222 g/mol. The molecule has 2 atom stereocenters. The summed E-state index contributed by atoms with van der Waals surface area (Å²) < 4.78 is 0. The molecule has 0 aromatic carbocycles. The van der Waals surface area contributed by atoms with Crippen LogP contribution < -0.4 is 5.32 Å². The minimum absolute atomic E-state index is 0.133. The first kappa shape index (κ1) is 10.6. The van der Waals surface area contributed by atoms with Crippen LogP contribution in [0.25, 0.3) is 0 Å². The second kappa shape index (κ2) is 3.00. The van der Waals surface area contributed by atoms with Gasteiger partial charge in [-0.15, -0.1) is 0 Å². The van der Waals surface area contributed by atoms with Crippen LogP contribution in [0.4, 0.5) is 0 Å². The number of hydrogen-bond acceptors (Lipinski definition) is 2. The molecular formula is C13H22N2O. The van der Waals surface area contributed by atoms with Crippen molar-refractivity contribution in [3.63, 3.8) is 0 Å². The second-order valence-corrected chi connectivity index (χ2v) is 6.68. The van der Waals surface area contributed by atoms with Crippen LogP contribution in [0.3, 0.4) is 0 Å². The first-order chi connectivity index (χ1) is 7.44. The van der Waals surface area contributed by atoms with Crippen LogP contribution >= 0.6 is 0 Å². The fraction of sp³-hybridized carbons (Fsp3) is 0.923. The van der Waals surface area contributed by atoms with E-state index in [4.69, 9.17) is 0 Å². The number of carbonyl (C=O) groups excluding carboxylic acids is 1. The molecule has 0 radical (unpaired) electrons. The topological polar surface area (TPSA) is 32.3 Å². The van der Waals surface area contributed by atoms with Gasteiger partial charge in [0.15, 0.2) is 0 Å². The van der Waals surface area contributed by atoms with E-state index in [-0.39, 0.29) is 11.7 Å². The molecule has 90 valence electrons. The van der Waals surface area contributed by atoms with E-state index in [2.05, 4.69) is 31.0 Å². The van der Waals surface area contributed by atoms with Gasteiger partial charge in [-0.05, 0) is 44.4 Å². The van der Waals surface area contributed by atoms with E-state index in [1.165, 1.54) is 19.3 Å². The molecule has 2 unspecified atom stereocenters. The Labute approximate surface area is 97.6 Å². The van der Waals surface area contributed by atoms with Crippen molar-refractivity contribution in [3.05, 3.63) is 0 Å². The van der Waals surface area contributed by atoms with Crippen LogP contribution in [0, 0.1) is 5.41 Å². The maximum Gasteiger partial charge on any atom is 0.244 e. The molecule has 3 heteroatoms. The van der Waals surface area contributed by atoms with Gasteiger partial charge in [0.25, 0.3) is 0 Å². The molecule has 0 aromatic heterocycles. The van der Waals surface area contributed by atoms with Gasteiger partial charge < -0.3 is 4.90 Å². The fourth-order valence-corrected chi connectivity index (χ4v) is 3.56. The van der Waals surface area contributed by atoms with E-state index in [1.54, 1.807) is 0 Å². The molecule has 3 aliphatic rings. The lowest BCUT2D eigenvalue weighted by molar-refractivity contribution is -0.132. The van der Waals surface area contributed by atoms with E-state index >= 15 is 0 Å². The highest BCUT2D eigenvalue weighted by molar-refractivity contribution is 5.92. The third-order valence-electron chi connectivity index (χ3n) is 4.63. The third-order valence-corrected chi connectivity index (χ3v) is 4.63. The molecule has 1 spiro atoms. The number of carbonyl (C=O) groups is 1. The zero-order chi connectivity index (χ0) is 11.6. The van der Waals surface area contributed by atoms with Crippen molar-refractivity contribution in [1.82, 2.24) is 10.2 Å². The number of hydrogen-bond donors (Lipinski definition) is 1. The Balaban J connectivity index is 1.78. The van der Waals surface area contributed by atoms with Gasteiger partial charge in [0.05, 0.1) is 11.7 Å². The summed E-state index contributed by atoms with van der Waals surface area (Å²) in [4.78, 5) is 14.5. The zero-order valence-corrected chi connectivity index (χ0v) is 10.5.